The molecular formula is C17H21N7O. The van der Waals surface area contributed by atoms with E-state index in [4.69, 9.17) is 4.52 Å². The molecule has 1 aromatic carbocycles. The summed E-state index contributed by atoms with van der Waals surface area (Å²) in [6.07, 6.45) is 3.00. The largest absolute Gasteiger partial charge is 0.369 e. The average molecular weight is 339 g/mol. The molecule has 8 nitrogen and oxygen atoms in total. The van der Waals surface area contributed by atoms with Gasteiger partial charge in [0.15, 0.2) is 5.82 Å². The predicted octanol–water partition coefficient (Wildman–Crippen LogP) is 1.40. The fraction of sp³-hybridized carbons (Fsp3) is 0.412. The van der Waals surface area contributed by atoms with Crippen molar-refractivity contribution in [3.05, 3.63) is 36.7 Å². The number of hydrogen-bond acceptors (Lipinski definition) is 8. The Bertz CT molecular complexity index is 841. The minimum absolute atomic E-state index is 0.737. The average Bonchev–Trinajstić information content (AvgIpc) is 3.14. The number of rotatable bonds is 4. The van der Waals surface area contributed by atoms with E-state index in [1.807, 2.05) is 19.0 Å². The normalized spacial score (nSPS) is 15.7. The molecule has 4 rings (SSSR count). The standard InChI is InChI=1S/C17H21N7O/c1-22(2)17-14-9-13(3-4-15(14)18-11-19-17)24-7-5-23(6-8-24)10-16-20-12-25-21-16/h3-4,9,11-12H,5-8,10H2,1-2H3. The molecule has 0 N–H and O–H groups in total. The van der Waals surface area contributed by atoms with Gasteiger partial charge in [0, 0.05) is 51.3 Å². The van der Waals surface area contributed by atoms with Gasteiger partial charge in [0.2, 0.25) is 6.39 Å². The highest BCUT2D eigenvalue weighted by Crippen LogP contribution is 2.27. The zero-order valence-electron chi connectivity index (χ0n) is 14.5. The molecular weight excluding hydrogens is 318 g/mol. The SMILES string of the molecule is CN(C)c1ncnc2ccc(N3CCN(Cc4ncon4)CC3)cc12. The lowest BCUT2D eigenvalue weighted by Gasteiger charge is -2.35. The summed E-state index contributed by atoms with van der Waals surface area (Å²) >= 11 is 0. The fourth-order valence-electron chi connectivity index (χ4n) is 3.21. The molecule has 0 radical (unpaired) electrons. The van der Waals surface area contributed by atoms with Crippen LogP contribution in [-0.2, 0) is 6.54 Å². The molecule has 0 spiro atoms. The Morgan fingerprint density at radius 3 is 2.64 bits per heavy atom. The van der Waals surface area contributed by atoms with Gasteiger partial charge in [-0.1, -0.05) is 5.16 Å². The van der Waals surface area contributed by atoms with Crippen LogP contribution in [0.2, 0.25) is 0 Å². The van der Waals surface area contributed by atoms with Crippen molar-refractivity contribution in [3.63, 3.8) is 0 Å². The van der Waals surface area contributed by atoms with Gasteiger partial charge >= 0.3 is 0 Å². The van der Waals surface area contributed by atoms with Gasteiger partial charge in [0.05, 0.1) is 12.1 Å². The second-order valence-electron chi connectivity index (χ2n) is 6.40. The van der Waals surface area contributed by atoms with Crippen molar-refractivity contribution in [1.82, 2.24) is 25.0 Å². The maximum Gasteiger partial charge on any atom is 0.213 e. The highest BCUT2D eigenvalue weighted by atomic mass is 16.5. The molecule has 25 heavy (non-hydrogen) atoms. The quantitative estimate of drug-likeness (QED) is 0.706. The van der Waals surface area contributed by atoms with E-state index >= 15 is 0 Å². The third kappa shape index (κ3) is 3.25. The molecule has 0 aliphatic carbocycles. The Hall–Kier alpha value is -2.74. The van der Waals surface area contributed by atoms with E-state index < -0.39 is 0 Å². The molecule has 0 atom stereocenters. The minimum Gasteiger partial charge on any atom is -0.369 e. The fourth-order valence-corrected chi connectivity index (χ4v) is 3.21. The molecule has 0 bridgehead atoms. The lowest BCUT2D eigenvalue weighted by molar-refractivity contribution is 0.240. The third-order valence-corrected chi connectivity index (χ3v) is 4.53. The highest BCUT2D eigenvalue weighted by Gasteiger charge is 2.19. The summed E-state index contributed by atoms with van der Waals surface area (Å²) in [4.78, 5) is 19.7. The zero-order chi connectivity index (χ0) is 17.2. The zero-order valence-corrected chi connectivity index (χ0v) is 14.5. The van der Waals surface area contributed by atoms with Crippen LogP contribution in [0.1, 0.15) is 5.82 Å². The Balaban J connectivity index is 1.50. The van der Waals surface area contributed by atoms with E-state index in [1.165, 1.54) is 12.1 Å². The lowest BCUT2D eigenvalue weighted by Crippen LogP contribution is -2.46. The molecule has 130 valence electrons. The first-order valence-corrected chi connectivity index (χ1v) is 8.35. The summed E-state index contributed by atoms with van der Waals surface area (Å²) in [7, 11) is 4.01. The molecule has 1 saturated heterocycles. The number of benzene rings is 1. The van der Waals surface area contributed by atoms with Gasteiger partial charge in [-0.3, -0.25) is 4.90 Å². The van der Waals surface area contributed by atoms with E-state index in [-0.39, 0.29) is 0 Å². The van der Waals surface area contributed by atoms with Gasteiger partial charge in [-0.05, 0) is 18.2 Å². The number of fused-ring (bicyclic) bond motifs is 1. The van der Waals surface area contributed by atoms with Gasteiger partial charge in [-0.25, -0.2) is 9.97 Å². The summed E-state index contributed by atoms with van der Waals surface area (Å²) in [5.74, 6) is 1.69. The van der Waals surface area contributed by atoms with E-state index in [0.717, 1.165) is 55.3 Å². The molecule has 2 aromatic heterocycles. The van der Waals surface area contributed by atoms with Gasteiger partial charge in [-0.2, -0.15) is 4.98 Å². The molecule has 1 fully saturated rings. The molecule has 0 unspecified atom stereocenters. The minimum atomic E-state index is 0.737. The monoisotopic (exact) mass is 339 g/mol. The van der Waals surface area contributed by atoms with Crippen LogP contribution in [0.3, 0.4) is 0 Å². The van der Waals surface area contributed by atoms with Crippen LogP contribution in [0.5, 0.6) is 0 Å². The first-order valence-electron chi connectivity index (χ1n) is 8.35. The van der Waals surface area contributed by atoms with Crippen molar-refractivity contribution in [2.24, 2.45) is 0 Å². The third-order valence-electron chi connectivity index (χ3n) is 4.53. The molecule has 8 heteroatoms. The van der Waals surface area contributed by atoms with E-state index in [9.17, 15) is 0 Å². The number of nitrogens with zero attached hydrogens (tertiary/aromatic N) is 7. The second kappa shape index (κ2) is 6.64. The van der Waals surface area contributed by atoms with E-state index in [1.54, 1.807) is 6.33 Å². The van der Waals surface area contributed by atoms with Gasteiger partial charge in [0.1, 0.15) is 12.1 Å². The topological polar surface area (TPSA) is 74.4 Å². The Labute approximate surface area is 146 Å². The Morgan fingerprint density at radius 1 is 1.08 bits per heavy atom. The first-order chi connectivity index (χ1) is 12.2. The Morgan fingerprint density at radius 2 is 1.92 bits per heavy atom. The molecule has 3 aromatic rings. The molecule has 0 saturated carbocycles. The van der Waals surface area contributed by atoms with Crippen LogP contribution >= 0.6 is 0 Å². The van der Waals surface area contributed by atoms with Crippen LogP contribution in [-0.4, -0.2) is 65.3 Å². The van der Waals surface area contributed by atoms with Crippen molar-refractivity contribution >= 4 is 22.4 Å². The van der Waals surface area contributed by atoms with Crippen molar-refractivity contribution in [1.29, 1.82) is 0 Å². The van der Waals surface area contributed by atoms with Crippen molar-refractivity contribution in [2.75, 3.05) is 50.1 Å². The van der Waals surface area contributed by atoms with Crippen LogP contribution in [0.25, 0.3) is 10.9 Å². The maximum atomic E-state index is 4.80. The molecule has 3 heterocycles. The van der Waals surface area contributed by atoms with Crippen molar-refractivity contribution < 1.29 is 4.52 Å². The summed E-state index contributed by atoms with van der Waals surface area (Å²) < 4.78 is 4.80. The Kier molecular flexibility index (Phi) is 4.19. The maximum absolute atomic E-state index is 4.80. The summed E-state index contributed by atoms with van der Waals surface area (Å²) in [6.45, 7) is 4.61. The second-order valence-corrected chi connectivity index (χ2v) is 6.40. The summed E-state index contributed by atoms with van der Waals surface area (Å²) in [5, 5.41) is 4.97. The smallest absolute Gasteiger partial charge is 0.213 e. The van der Waals surface area contributed by atoms with Crippen LogP contribution in [0.4, 0.5) is 11.5 Å². The van der Waals surface area contributed by atoms with Crippen LogP contribution in [0, 0.1) is 0 Å². The lowest BCUT2D eigenvalue weighted by atomic mass is 10.1. The van der Waals surface area contributed by atoms with Crippen LogP contribution < -0.4 is 9.80 Å². The van der Waals surface area contributed by atoms with Crippen molar-refractivity contribution in [3.8, 4) is 0 Å². The number of anilines is 2. The first kappa shape index (κ1) is 15.8. The molecule has 1 aliphatic rings. The number of aromatic nitrogens is 4. The highest BCUT2D eigenvalue weighted by molar-refractivity contribution is 5.91. The van der Waals surface area contributed by atoms with E-state index in [0.29, 0.717) is 0 Å². The van der Waals surface area contributed by atoms with Crippen LogP contribution in [0.15, 0.2) is 35.4 Å². The van der Waals surface area contributed by atoms with Gasteiger partial charge in [0.25, 0.3) is 0 Å². The van der Waals surface area contributed by atoms with Gasteiger partial charge in [-0.15, -0.1) is 0 Å². The van der Waals surface area contributed by atoms with Crippen molar-refractivity contribution in [2.45, 2.75) is 6.54 Å². The van der Waals surface area contributed by atoms with Gasteiger partial charge < -0.3 is 14.3 Å². The summed E-state index contributed by atoms with van der Waals surface area (Å²) in [6, 6.07) is 6.41. The molecule has 1 aliphatic heterocycles. The number of hydrogen-bond donors (Lipinski definition) is 0. The summed E-state index contributed by atoms with van der Waals surface area (Å²) in [5.41, 5.74) is 2.18. The predicted molar refractivity (Wildman–Crippen MR) is 95.7 cm³/mol. The van der Waals surface area contributed by atoms with E-state index in [2.05, 4.69) is 48.1 Å². The molecule has 0 amide bonds. The number of piperazine rings is 1.